The molecule has 1 aromatic heterocycles. The van der Waals surface area contributed by atoms with E-state index in [-0.39, 0.29) is 12.6 Å². The Bertz CT molecular complexity index is 468. The van der Waals surface area contributed by atoms with Gasteiger partial charge in [0, 0.05) is 18.8 Å². The largest absolute Gasteiger partial charge is 0.392 e. The van der Waals surface area contributed by atoms with E-state index in [1.54, 1.807) is 0 Å². The Labute approximate surface area is 108 Å². The minimum atomic E-state index is 0.0953. The Morgan fingerprint density at radius 3 is 2.44 bits per heavy atom. The Balaban J connectivity index is 1.91. The van der Waals surface area contributed by atoms with E-state index < -0.39 is 0 Å². The molecule has 0 saturated heterocycles. The molecule has 0 aliphatic rings. The minimum Gasteiger partial charge on any atom is -0.392 e. The number of hydrogen-bond acceptors (Lipinski definition) is 3. The van der Waals surface area contributed by atoms with Gasteiger partial charge in [-0.2, -0.15) is 0 Å². The van der Waals surface area contributed by atoms with E-state index in [9.17, 15) is 0 Å². The number of benzene rings is 1. The Hall–Kier alpha value is -1.71. The molecule has 0 unspecified atom stereocenters. The standard InChI is InChI=1S/C15H18N2O/c1-12(15-4-2-3-9-16-15)17-10-13-5-7-14(11-18)8-6-13/h2-9,12,17-18H,10-11H2,1H3/t12-/m1/s1. The molecule has 0 bridgehead atoms. The molecule has 1 aromatic carbocycles. The number of nitrogens with one attached hydrogen (secondary N) is 1. The normalized spacial score (nSPS) is 12.3. The average molecular weight is 242 g/mol. The van der Waals surface area contributed by atoms with Crippen LogP contribution in [-0.4, -0.2) is 10.1 Å². The van der Waals surface area contributed by atoms with Crippen molar-refractivity contribution in [3.05, 3.63) is 65.5 Å². The van der Waals surface area contributed by atoms with Crippen molar-refractivity contribution in [2.75, 3.05) is 0 Å². The van der Waals surface area contributed by atoms with E-state index in [0.29, 0.717) is 0 Å². The molecule has 1 atom stereocenters. The van der Waals surface area contributed by atoms with Gasteiger partial charge < -0.3 is 10.4 Å². The van der Waals surface area contributed by atoms with Crippen molar-refractivity contribution in [1.82, 2.24) is 10.3 Å². The number of hydrogen-bond donors (Lipinski definition) is 2. The molecule has 0 spiro atoms. The summed E-state index contributed by atoms with van der Waals surface area (Å²) >= 11 is 0. The average Bonchev–Trinajstić information content (AvgIpc) is 2.46. The molecule has 18 heavy (non-hydrogen) atoms. The lowest BCUT2D eigenvalue weighted by molar-refractivity contribution is 0.282. The van der Waals surface area contributed by atoms with Crippen LogP contribution in [0, 0.1) is 0 Å². The fourth-order valence-electron chi connectivity index (χ4n) is 1.77. The molecule has 3 heteroatoms. The SMILES string of the molecule is C[C@@H](NCc1ccc(CO)cc1)c1ccccn1. The van der Waals surface area contributed by atoms with Crippen LogP contribution in [0.1, 0.15) is 29.8 Å². The van der Waals surface area contributed by atoms with Gasteiger partial charge in [-0.15, -0.1) is 0 Å². The van der Waals surface area contributed by atoms with Gasteiger partial charge in [-0.05, 0) is 30.2 Å². The van der Waals surface area contributed by atoms with Gasteiger partial charge in [-0.1, -0.05) is 30.3 Å². The molecule has 2 rings (SSSR count). The summed E-state index contributed by atoms with van der Waals surface area (Å²) in [4.78, 5) is 4.32. The zero-order valence-electron chi connectivity index (χ0n) is 10.5. The third kappa shape index (κ3) is 3.39. The van der Waals surface area contributed by atoms with Crippen molar-refractivity contribution in [1.29, 1.82) is 0 Å². The summed E-state index contributed by atoms with van der Waals surface area (Å²) in [7, 11) is 0. The topological polar surface area (TPSA) is 45.1 Å². The van der Waals surface area contributed by atoms with Crippen LogP contribution in [0.25, 0.3) is 0 Å². The fourth-order valence-corrected chi connectivity index (χ4v) is 1.77. The van der Waals surface area contributed by atoms with E-state index in [2.05, 4.69) is 17.2 Å². The summed E-state index contributed by atoms with van der Waals surface area (Å²) in [5, 5.41) is 12.4. The third-order valence-electron chi connectivity index (χ3n) is 2.95. The highest BCUT2D eigenvalue weighted by molar-refractivity contribution is 5.22. The fraction of sp³-hybridized carbons (Fsp3) is 0.267. The lowest BCUT2D eigenvalue weighted by Crippen LogP contribution is -2.18. The van der Waals surface area contributed by atoms with Gasteiger partial charge in [-0.3, -0.25) is 4.98 Å². The zero-order valence-corrected chi connectivity index (χ0v) is 10.5. The maximum Gasteiger partial charge on any atom is 0.0681 e. The predicted molar refractivity (Wildman–Crippen MR) is 71.9 cm³/mol. The molecule has 1 heterocycles. The van der Waals surface area contributed by atoms with Gasteiger partial charge in [0.25, 0.3) is 0 Å². The lowest BCUT2D eigenvalue weighted by Gasteiger charge is -2.13. The number of aliphatic hydroxyl groups excluding tert-OH is 1. The summed E-state index contributed by atoms with van der Waals surface area (Å²) in [5.41, 5.74) is 3.19. The molecule has 0 radical (unpaired) electrons. The van der Waals surface area contributed by atoms with Crippen molar-refractivity contribution in [3.8, 4) is 0 Å². The van der Waals surface area contributed by atoms with E-state index >= 15 is 0 Å². The maximum absolute atomic E-state index is 8.97. The maximum atomic E-state index is 8.97. The molecule has 0 fully saturated rings. The lowest BCUT2D eigenvalue weighted by atomic mass is 10.1. The van der Waals surface area contributed by atoms with Crippen molar-refractivity contribution in [3.63, 3.8) is 0 Å². The minimum absolute atomic E-state index is 0.0953. The van der Waals surface area contributed by atoms with Crippen LogP contribution in [0.2, 0.25) is 0 Å². The van der Waals surface area contributed by atoms with Gasteiger partial charge in [0.1, 0.15) is 0 Å². The van der Waals surface area contributed by atoms with Crippen LogP contribution >= 0.6 is 0 Å². The van der Waals surface area contributed by atoms with Crippen LogP contribution in [0.5, 0.6) is 0 Å². The molecule has 2 N–H and O–H groups in total. The van der Waals surface area contributed by atoms with Crippen molar-refractivity contribution in [2.24, 2.45) is 0 Å². The summed E-state index contributed by atoms with van der Waals surface area (Å²) < 4.78 is 0. The predicted octanol–water partition coefficient (Wildman–Crippen LogP) is 2.42. The first-order chi connectivity index (χ1) is 8.79. The molecule has 0 aliphatic carbocycles. The first-order valence-corrected chi connectivity index (χ1v) is 6.12. The van der Waals surface area contributed by atoms with Crippen molar-refractivity contribution in [2.45, 2.75) is 26.1 Å². The highest BCUT2D eigenvalue weighted by atomic mass is 16.3. The first kappa shape index (κ1) is 12.7. The second kappa shape index (κ2) is 6.28. The van der Waals surface area contributed by atoms with E-state index in [0.717, 1.165) is 17.8 Å². The van der Waals surface area contributed by atoms with Crippen LogP contribution in [0.4, 0.5) is 0 Å². The van der Waals surface area contributed by atoms with E-state index in [4.69, 9.17) is 5.11 Å². The molecule has 2 aromatic rings. The molecule has 3 nitrogen and oxygen atoms in total. The summed E-state index contributed by atoms with van der Waals surface area (Å²) in [6.45, 7) is 2.99. The highest BCUT2D eigenvalue weighted by Crippen LogP contribution is 2.10. The second-order valence-corrected chi connectivity index (χ2v) is 4.33. The second-order valence-electron chi connectivity index (χ2n) is 4.33. The zero-order chi connectivity index (χ0) is 12.8. The Morgan fingerprint density at radius 2 is 1.83 bits per heavy atom. The van der Waals surface area contributed by atoms with Gasteiger partial charge in [-0.25, -0.2) is 0 Å². The molecule has 0 saturated carbocycles. The molecule has 0 amide bonds. The number of aromatic nitrogens is 1. The van der Waals surface area contributed by atoms with E-state index in [1.807, 2.05) is 48.7 Å². The number of rotatable bonds is 5. The van der Waals surface area contributed by atoms with Gasteiger partial charge in [0.2, 0.25) is 0 Å². The molecule has 94 valence electrons. The van der Waals surface area contributed by atoms with Crippen molar-refractivity contribution < 1.29 is 5.11 Å². The van der Waals surface area contributed by atoms with Crippen molar-refractivity contribution >= 4 is 0 Å². The number of pyridine rings is 1. The van der Waals surface area contributed by atoms with Crippen LogP contribution in [-0.2, 0) is 13.2 Å². The van der Waals surface area contributed by atoms with Crippen LogP contribution in [0.15, 0.2) is 48.7 Å². The number of nitrogens with zero attached hydrogens (tertiary/aromatic N) is 1. The Morgan fingerprint density at radius 1 is 1.11 bits per heavy atom. The smallest absolute Gasteiger partial charge is 0.0681 e. The summed E-state index contributed by atoms with van der Waals surface area (Å²) in [5.74, 6) is 0. The quantitative estimate of drug-likeness (QED) is 0.846. The van der Waals surface area contributed by atoms with Gasteiger partial charge in [0.05, 0.1) is 12.3 Å². The van der Waals surface area contributed by atoms with Gasteiger partial charge in [0.15, 0.2) is 0 Å². The summed E-state index contributed by atoms with van der Waals surface area (Å²) in [6, 6.07) is 14.1. The first-order valence-electron chi connectivity index (χ1n) is 6.12. The molecular weight excluding hydrogens is 224 g/mol. The van der Waals surface area contributed by atoms with Gasteiger partial charge >= 0.3 is 0 Å². The number of aliphatic hydroxyl groups is 1. The highest BCUT2D eigenvalue weighted by Gasteiger charge is 2.04. The van der Waals surface area contributed by atoms with Crippen LogP contribution < -0.4 is 5.32 Å². The van der Waals surface area contributed by atoms with E-state index in [1.165, 1.54) is 5.56 Å². The summed E-state index contributed by atoms with van der Waals surface area (Å²) in [6.07, 6.45) is 1.81. The van der Waals surface area contributed by atoms with Crippen LogP contribution in [0.3, 0.4) is 0 Å². The molecule has 0 aliphatic heterocycles. The third-order valence-corrected chi connectivity index (χ3v) is 2.95. The molecular formula is C15H18N2O. The monoisotopic (exact) mass is 242 g/mol. The Kier molecular flexibility index (Phi) is 4.45.